The number of thioether (sulfide) groups is 1. The van der Waals surface area contributed by atoms with Gasteiger partial charge in [0.15, 0.2) is 0 Å². The second-order valence-corrected chi connectivity index (χ2v) is 9.68. The molecule has 0 radical (unpaired) electrons. The molecule has 1 saturated heterocycles. The molecule has 6 nitrogen and oxygen atoms in total. The number of nitrogens with two attached hydrogens (primary N) is 1. The van der Waals surface area contributed by atoms with Crippen LogP contribution in [-0.2, 0) is 27.8 Å². The average Bonchev–Trinajstić information content (AvgIpc) is 2.65. The van der Waals surface area contributed by atoms with Crippen LogP contribution in [0.3, 0.4) is 0 Å². The quantitative estimate of drug-likeness (QED) is 0.750. The van der Waals surface area contributed by atoms with E-state index in [1.54, 1.807) is 12.1 Å². The first-order chi connectivity index (χ1) is 13.3. The molecule has 1 fully saturated rings. The third-order valence-electron chi connectivity index (χ3n) is 4.83. The fraction of sp³-hybridized carbons (Fsp3) is 0.350. The Bertz CT molecular complexity index is 938. The van der Waals surface area contributed by atoms with E-state index in [0.29, 0.717) is 0 Å². The van der Waals surface area contributed by atoms with Crippen LogP contribution in [-0.4, -0.2) is 43.8 Å². The van der Waals surface area contributed by atoms with Crippen molar-refractivity contribution in [2.75, 3.05) is 29.9 Å². The smallest absolute Gasteiger partial charge is 0.238 e. The maximum absolute atomic E-state index is 12.4. The number of carbonyl (C=O) groups is 1. The number of anilines is 1. The number of hydrogen-bond donors (Lipinski definition) is 2. The van der Waals surface area contributed by atoms with Crippen LogP contribution in [0.15, 0.2) is 47.4 Å². The first kappa shape index (κ1) is 20.9. The molecule has 1 aliphatic rings. The maximum atomic E-state index is 12.4. The Morgan fingerprint density at radius 3 is 2.46 bits per heavy atom. The molecule has 2 aromatic carbocycles. The summed E-state index contributed by atoms with van der Waals surface area (Å²) >= 11 is 1.99. The molecular formula is C20H25N3O3S2. The van der Waals surface area contributed by atoms with Crippen molar-refractivity contribution in [3.05, 3.63) is 59.2 Å². The average molecular weight is 420 g/mol. The highest BCUT2D eigenvalue weighted by Gasteiger charge is 2.14. The topological polar surface area (TPSA) is 92.5 Å². The number of hydrogen-bond acceptors (Lipinski definition) is 5. The molecule has 0 unspecified atom stereocenters. The second kappa shape index (κ2) is 9.09. The van der Waals surface area contributed by atoms with Crippen molar-refractivity contribution in [2.24, 2.45) is 5.14 Å². The third-order valence-corrected chi connectivity index (χ3v) is 6.71. The molecule has 3 N–H and O–H groups in total. The van der Waals surface area contributed by atoms with Crippen molar-refractivity contribution in [2.45, 2.75) is 24.8 Å². The summed E-state index contributed by atoms with van der Waals surface area (Å²) in [7, 11) is -3.73. The van der Waals surface area contributed by atoms with E-state index in [-0.39, 0.29) is 17.2 Å². The summed E-state index contributed by atoms with van der Waals surface area (Å²) < 4.78 is 22.6. The van der Waals surface area contributed by atoms with Crippen LogP contribution in [0.5, 0.6) is 0 Å². The Labute approximate surface area is 170 Å². The number of nitrogens with one attached hydrogen (secondary N) is 1. The molecule has 0 spiro atoms. The lowest BCUT2D eigenvalue weighted by Gasteiger charge is -2.27. The minimum absolute atomic E-state index is 0.0383. The fourth-order valence-corrected chi connectivity index (χ4v) is 4.66. The van der Waals surface area contributed by atoms with Crippen LogP contribution in [0.4, 0.5) is 5.69 Å². The third kappa shape index (κ3) is 5.57. The minimum Gasteiger partial charge on any atom is -0.326 e. The summed E-state index contributed by atoms with van der Waals surface area (Å²) in [5.74, 6) is 2.19. The summed E-state index contributed by atoms with van der Waals surface area (Å²) in [6, 6.07) is 12.0. The predicted octanol–water partition coefficient (Wildman–Crippen LogP) is 2.37. The van der Waals surface area contributed by atoms with Gasteiger partial charge in [0.1, 0.15) is 0 Å². The van der Waals surface area contributed by atoms with Crippen molar-refractivity contribution < 1.29 is 13.2 Å². The lowest BCUT2D eigenvalue weighted by molar-refractivity contribution is -0.115. The number of primary sulfonamides is 1. The zero-order valence-electron chi connectivity index (χ0n) is 15.8. The zero-order valence-corrected chi connectivity index (χ0v) is 17.5. The van der Waals surface area contributed by atoms with Gasteiger partial charge in [0.05, 0.1) is 11.3 Å². The van der Waals surface area contributed by atoms with Gasteiger partial charge in [-0.1, -0.05) is 24.3 Å². The normalized spacial score (nSPS) is 15.4. The van der Waals surface area contributed by atoms with Crippen LogP contribution >= 0.6 is 11.8 Å². The van der Waals surface area contributed by atoms with E-state index in [1.165, 1.54) is 29.2 Å². The SMILES string of the molecule is Cc1c(CN2CCSCC2)cccc1NC(=O)Cc1ccc(S(N)(=O)=O)cc1. The fourth-order valence-electron chi connectivity index (χ4n) is 3.17. The van der Waals surface area contributed by atoms with Gasteiger partial charge in [0, 0.05) is 36.8 Å². The molecule has 0 aliphatic carbocycles. The van der Waals surface area contributed by atoms with Crippen LogP contribution in [0.1, 0.15) is 16.7 Å². The van der Waals surface area contributed by atoms with E-state index < -0.39 is 10.0 Å². The summed E-state index contributed by atoms with van der Waals surface area (Å²) in [5, 5.41) is 8.07. The molecule has 3 rings (SSSR count). The molecule has 0 saturated carbocycles. The van der Waals surface area contributed by atoms with E-state index in [1.807, 2.05) is 30.8 Å². The molecule has 28 heavy (non-hydrogen) atoms. The summed E-state index contributed by atoms with van der Waals surface area (Å²) in [6.45, 7) is 5.11. The lowest BCUT2D eigenvalue weighted by Crippen LogP contribution is -2.32. The standard InChI is InChI=1S/C20H25N3O3S2/c1-15-17(14-23-9-11-27-12-10-23)3-2-4-19(15)22-20(24)13-16-5-7-18(8-6-16)28(21,25)26/h2-8H,9-14H2,1H3,(H,22,24)(H2,21,25,26). The number of amides is 1. The molecule has 150 valence electrons. The van der Waals surface area contributed by atoms with Crippen LogP contribution in [0, 0.1) is 6.92 Å². The van der Waals surface area contributed by atoms with Gasteiger partial charge in [-0.3, -0.25) is 9.69 Å². The highest BCUT2D eigenvalue weighted by molar-refractivity contribution is 7.99. The highest BCUT2D eigenvalue weighted by atomic mass is 32.2. The van der Waals surface area contributed by atoms with Gasteiger partial charge in [0.2, 0.25) is 15.9 Å². The van der Waals surface area contributed by atoms with E-state index in [0.717, 1.165) is 36.4 Å². The van der Waals surface area contributed by atoms with Gasteiger partial charge in [-0.15, -0.1) is 0 Å². The summed E-state index contributed by atoms with van der Waals surface area (Å²) in [4.78, 5) is 14.9. The number of benzene rings is 2. The highest BCUT2D eigenvalue weighted by Crippen LogP contribution is 2.22. The van der Waals surface area contributed by atoms with Crippen molar-refractivity contribution in [3.8, 4) is 0 Å². The van der Waals surface area contributed by atoms with E-state index in [2.05, 4.69) is 16.3 Å². The molecule has 1 aliphatic heterocycles. The van der Waals surface area contributed by atoms with Crippen LogP contribution in [0.2, 0.25) is 0 Å². The number of sulfonamides is 1. The largest absolute Gasteiger partial charge is 0.326 e. The van der Waals surface area contributed by atoms with E-state index in [9.17, 15) is 13.2 Å². The Morgan fingerprint density at radius 1 is 1.14 bits per heavy atom. The summed E-state index contributed by atoms with van der Waals surface area (Å²) in [5.41, 5.74) is 3.85. The Balaban J connectivity index is 1.64. The first-order valence-corrected chi connectivity index (χ1v) is 11.8. The molecule has 0 atom stereocenters. The van der Waals surface area contributed by atoms with Crippen LogP contribution in [0.25, 0.3) is 0 Å². The zero-order chi connectivity index (χ0) is 20.1. The number of carbonyl (C=O) groups excluding carboxylic acids is 1. The van der Waals surface area contributed by atoms with Gasteiger partial charge < -0.3 is 5.32 Å². The van der Waals surface area contributed by atoms with Gasteiger partial charge in [-0.25, -0.2) is 13.6 Å². The summed E-state index contributed by atoms with van der Waals surface area (Å²) in [6.07, 6.45) is 0.165. The Kier molecular flexibility index (Phi) is 6.77. The van der Waals surface area contributed by atoms with E-state index >= 15 is 0 Å². The van der Waals surface area contributed by atoms with Gasteiger partial charge >= 0.3 is 0 Å². The molecular weight excluding hydrogens is 394 g/mol. The molecule has 8 heteroatoms. The van der Waals surface area contributed by atoms with Crippen LogP contribution < -0.4 is 10.5 Å². The number of rotatable bonds is 6. The first-order valence-electron chi connectivity index (χ1n) is 9.13. The molecule has 2 aromatic rings. The second-order valence-electron chi connectivity index (χ2n) is 6.89. The predicted molar refractivity (Wildman–Crippen MR) is 114 cm³/mol. The number of nitrogens with zero attached hydrogens (tertiary/aromatic N) is 1. The molecule has 1 amide bonds. The maximum Gasteiger partial charge on any atom is 0.238 e. The molecule has 0 bridgehead atoms. The van der Waals surface area contributed by atoms with Crippen molar-refractivity contribution in [3.63, 3.8) is 0 Å². The van der Waals surface area contributed by atoms with Crippen molar-refractivity contribution in [1.29, 1.82) is 0 Å². The van der Waals surface area contributed by atoms with Crippen molar-refractivity contribution >= 4 is 33.4 Å². The Hall–Kier alpha value is -1.87. The van der Waals surface area contributed by atoms with Gasteiger partial charge in [-0.2, -0.15) is 11.8 Å². The lowest BCUT2D eigenvalue weighted by atomic mass is 10.1. The Morgan fingerprint density at radius 2 is 1.82 bits per heavy atom. The molecule has 1 heterocycles. The van der Waals surface area contributed by atoms with Gasteiger partial charge in [0.25, 0.3) is 0 Å². The molecule has 0 aromatic heterocycles. The van der Waals surface area contributed by atoms with Crippen molar-refractivity contribution in [1.82, 2.24) is 4.90 Å². The van der Waals surface area contributed by atoms with Gasteiger partial charge in [-0.05, 0) is 41.8 Å². The minimum atomic E-state index is -3.73. The van der Waals surface area contributed by atoms with E-state index in [4.69, 9.17) is 5.14 Å². The monoisotopic (exact) mass is 419 g/mol.